The van der Waals surface area contributed by atoms with Crippen LogP contribution in [0.25, 0.3) is 0 Å². The molecule has 1 aliphatic rings. The van der Waals surface area contributed by atoms with Crippen LogP contribution in [0.4, 0.5) is 5.69 Å². The molecule has 2 heteroatoms. The average molecular weight is 233 g/mol. The summed E-state index contributed by atoms with van der Waals surface area (Å²) in [7, 11) is 1.04. The largest absolute Gasteiger partial charge is 0.399 e. The van der Waals surface area contributed by atoms with E-state index in [9.17, 15) is 0 Å². The molecule has 2 rings (SSSR count). The molecule has 88 valence electrons. The van der Waals surface area contributed by atoms with Crippen LogP contribution in [0.3, 0.4) is 0 Å². The number of anilines is 1. The van der Waals surface area contributed by atoms with Gasteiger partial charge in [0.05, 0.1) is 0 Å². The average Bonchev–Trinajstić information content (AvgIpc) is 2.59. The van der Waals surface area contributed by atoms with E-state index in [1.54, 1.807) is 5.56 Å². The lowest BCUT2D eigenvalue weighted by molar-refractivity contribution is 0.838. The highest BCUT2D eigenvalue weighted by molar-refractivity contribution is 6.85. The summed E-state index contributed by atoms with van der Waals surface area (Å²) in [6.07, 6.45) is 1.30. The van der Waals surface area contributed by atoms with Crippen LogP contribution in [0.1, 0.15) is 38.3 Å². The second-order valence-electron chi connectivity index (χ2n) is 4.89. The highest BCUT2D eigenvalue weighted by atomic mass is 28.3. The van der Waals surface area contributed by atoms with Crippen molar-refractivity contribution >= 4 is 13.9 Å². The molecule has 0 N–H and O–H groups in total. The van der Waals surface area contributed by atoms with Gasteiger partial charge in [-0.15, -0.1) is 0 Å². The number of hydrogen-bond acceptors (Lipinski definition) is 1. The topological polar surface area (TPSA) is 3.24 Å². The zero-order chi connectivity index (χ0) is 11.8. The summed E-state index contributed by atoms with van der Waals surface area (Å²) in [5.41, 5.74) is 3.95. The van der Waals surface area contributed by atoms with Crippen LogP contribution in [-0.2, 0) is 0 Å². The molecule has 0 spiro atoms. The zero-order valence-electron chi connectivity index (χ0n) is 11.0. The third-order valence-corrected chi connectivity index (χ3v) is 10.7. The quantitative estimate of drug-likeness (QED) is 0.709. The Morgan fingerprint density at radius 3 is 2.31 bits per heavy atom. The third-order valence-electron chi connectivity index (χ3n) is 4.62. The van der Waals surface area contributed by atoms with E-state index in [1.807, 2.05) is 0 Å². The molecule has 1 nitrogen and oxygen atoms in total. The molecule has 1 atom stereocenters. The fraction of sp³-hybridized carbons (Fsp3) is 0.571. The first-order chi connectivity index (χ1) is 7.71. The van der Waals surface area contributed by atoms with Crippen molar-refractivity contribution in [3.8, 4) is 0 Å². The Labute approximate surface area is 101 Å². The Balaban J connectivity index is 2.54. The van der Waals surface area contributed by atoms with Crippen LogP contribution in [0.2, 0.25) is 12.1 Å². The Kier molecular flexibility index (Phi) is 3.11. The van der Waals surface area contributed by atoms with E-state index in [-0.39, 0.29) is 0 Å². The summed E-state index contributed by atoms with van der Waals surface area (Å²) in [6.45, 7) is 7.13. The number of hydrogen-bond donors (Lipinski definition) is 0. The van der Waals surface area contributed by atoms with Gasteiger partial charge in [-0.3, -0.25) is 0 Å². The van der Waals surface area contributed by atoms with E-state index in [1.165, 1.54) is 24.2 Å². The monoisotopic (exact) mass is 233 g/mol. The number of nitrogens with zero attached hydrogens (tertiary/aromatic N) is 1. The summed E-state index contributed by atoms with van der Waals surface area (Å²) in [6, 6.07) is 11.8. The van der Waals surface area contributed by atoms with E-state index in [2.05, 4.69) is 56.6 Å². The SMILES string of the molecule is CCC1c2ccccc2N(C)[Si]1(CC)CC. The standard InChI is InChI=1S/C14H23NSi/c1-5-14-12-10-8-9-11-13(12)15(4)16(14,6-2)7-3/h8-11,14H,5-7H2,1-4H3. The van der Waals surface area contributed by atoms with Gasteiger partial charge < -0.3 is 4.57 Å². The van der Waals surface area contributed by atoms with Crippen LogP contribution in [-0.4, -0.2) is 15.3 Å². The highest BCUT2D eigenvalue weighted by Crippen LogP contribution is 2.48. The first kappa shape index (κ1) is 11.7. The number of benzene rings is 1. The Morgan fingerprint density at radius 1 is 1.12 bits per heavy atom. The van der Waals surface area contributed by atoms with Gasteiger partial charge in [-0.05, 0) is 42.7 Å². The second kappa shape index (κ2) is 4.25. The minimum atomic E-state index is -1.28. The van der Waals surface area contributed by atoms with E-state index >= 15 is 0 Å². The molecule has 0 saturated heterocycles. The molecule has 0 radical (unpaired) electrons. The maximum atomic E-state index is 2.66. The number of rotatable bonds is 3. The van der Waals surface area contributed by atoms with Gasteiger partial charge in [-0.2, -0.15) is 0 Å². The van der Waals surface area contributed by atoms with E-state index in [0.717, 1.165) is 5.54 Å². The molecule has 0 amide bonds. The molecule has 1 aromatic carbocycles. The zero-order valence-corrected chi connectivity index (χ0v) is 12.0. The van der Waals surface area contributed by atoms with Crippen LogP contribution < -0.4 is 4.57 Å². The lowest BCUT2D eigenvalue weighted by Crippen LogP contribution is -2.51. The summed E-state index contributed by atoms with van der Waals surface area (Å²) in [4.78, 5) is 0. The third kappa shape index (κ3) is 1.36. The molecule has 0 aromatic heterocycles. The molecule has 16 heavy (non-hydrogen) atoms. The number of para-hydroxylation sites is 1. The molecule has 1 aliphatic heterocycles. The van der Waals surface area contributed by atoms with Gasteiger partial charge in [0.1, 0.15) is 0 Å². The first-order valence-electron chi connectivity index (χ1n) is 6.54. The van der Waals surface area contributed by atoms with Crippen molar-refractivity contribution in [2.75, 3.05) is 11.6 Å². The van der Waals surface area contributed by atoms with Crippen LogP contribution >= 0.6 is 0 Å². The van der Waals surface area contributed by atoms with Crippen LogP contribution in [0.5, 0.6) is 0 Å². The molecule has 1 heterocycles. The molecule has 0 bridgehead atoms. The second-order valence-corrected chi connectivity index (χ2v) is 9.88. The molecule has 1 unspecified atom stereocenters. The molecule has 0 saturated carbocycles. The first-order valence-corrected chi connectivity index (χ1v) is 8.97. The Morgan fingerprint density at radius 2 is 1.75 bits per heavy atom. The molecule has 1 aromatic rings. The molecule has 0 fully saturated rings. The summed E-state index contributed by atoms with van der Waals surface area (Å²) in [5, 5.41) is 0. The molecule has 0 aliphatic carbocycles. The lowest BCUT2D eigenvalue weighted by Gasteiger charge is -2.38. The smallest absolute Gasteiger partial charge is 0.163 e. The van der Waals surface area contributed by atoms with Crippen LogP contribution in [0.15, 0.2) is 24.3 Å². The van der Waals surface area contributed by atoms with Gasteiger partial charge in [0, 0.05) is 5.69 Å². The maximum absolute atomic E-state index is 2.66. The van der Waals surface area contributed by atoms with Crippen molar-refractivity contribution in [3.63, 3.8) is 0 Å². The van der Waals surface area contributed by atoms with E-state index < -0.39 is 8.24 Å². The van der Waals surface area contributed by atoms with Crippen molar-refractivity contribution in [3.05, 3.63) is 29.8 Å². The van der Waals surface area contributed by atoms with Gasteiger partial charge in [-0.25, -0.2) is 0 Å². The van der Waals surface area contributed by atoms with E-state index in [4.69, 9.17) is 0 Å². The predicted octanol–water partition coefficient (Wildman–Crippen LogP) is 4.15. The van der Waals surface area contributed by atoms with Crippen molar-refractivity contribution in [2.24, 2.45) is 0 Å². The minimum absolute atomic E-state index is 0.837. The van der Waals surface area contributed by atoms with Gasteiger partial charge >= 0.3 is 0 Å². The summed E-state index contributed by atoms with van der Waals surface area (Å²) in [5.74, 6) is 0. The Bertz CT molecular complexity index is 371. The molecular weight excluding hydrogens is 210 g/mol. The van der Waals surface area contributed by atoms with Gasteiger partial charge in [0.25, 0.3) is 0 Å². The maximum Gasteiger partial charge on any atom is 0.163 e. The predicted molar refractivity (Wildman–Crippen MR) is 74.6 cm³/mol. The Hall–Kier alpha value is -0.763. The van der Waals surface area contributed by atoms with Crippen molar-refractivity contribution in [1.82, 2.24) is 0 Å². The van der Waals surface area contributed by atoms with Gasteiger partial charge in [-0.1, -0.05) is 39.0 Å². The summed E-state index contributed by atoms with van der Waals surface area (Å²) >= 11 is 0. The molecular formula is C14H23NSi. The van der Waals surface area contributed by atoms with Crippen LogP contribution in [0, 0.1) is 0 Å². The number of fused-ring (bicyclic) bond motifs is 1. The summed E-state index contributed by atoms with van der Waals surface area (Å²) < 4.78 is 2.66. The van der Waals surface area contributed by atoms with Crippen molar-refractivity contribution in [1.29, 1.82) is 0 Å². The van der Waals surface area contributed by atoms with E-state index in [0.29, 0.717) is 0 Å². The fourth-order valence-corrected chi connectivity index (χ4v) is 8.84. The van der Waals surface area contributed by atoms with Crippen molar-refractivity contribution in [2.45, 2.75) is 44.8 Å². The minimum Gasteiger partial charge on any atom is -0.399 e. The lowest BCUT2D eigenvalue weighted by atomic mass is 10.1. The highest BCUT2D eigenvalue weighted by Gasteiger charge is 2.48. The van der Waals surface area contributed by atoms with Gasteiger partial charge in [0.15, 0.2) is 8.24 Å². The fourth-order valence-electron chi connectivity index (χ4n) is 3.67. The normalized spacial score (nSPS) is 22.2. The van der Waals surface area contributed by atoms with Gasteiger partial charge in [0.2, 0.25) is 0 Å². The van der Waals surface area contributed by atoms with Crippen molar-refractivity contribution < 1.29 is 0 Å².